The molecule has 1 aromatic carbocycles. The Bertz CT molecular complexity index is 807. The molecule has 3 rings (SSSR count). The Kier molecular flexibility index (Phi) is 4.11. The molecule has 0 aliphatic heterocycles. The van der Waals surface area contributed by atoms with Crippen LogP contribution in [0.25, 0.3) is 0 Å². The maximum absolute atomic E-state index is 13.0. The smallest absolute Gasteiger partial charge is 0.233 e. The Balaban J connectivity index is 2.37. The zero-order valence-electron chi connectivity index (χ0n) is 15.6. The first-order valence-electron chi connectivity index (χ1n) is 9.00. The minimum atomic E-state index is -0.907. The Labute approximate surface area is 152 Å². The van der Waals surface area contributed by atoms with Gasteiger partial charge in [0.05, 0.1) is 11.7 Å². The number of carbonyl (C=O) groups is 2. The predicted molar refractivity (Wildman–Crippen MR) is 94.6 cm³/mol. The molecule has 0 spiro atoms. The number of phenols is 3. The minimum absolute atomic E-state index is 0.116. The normalized spacial score (nSPS) is 28.4. The van der Waals surface area contributed by atoms with Crippen LogP contribution in [-0.4, -0.2) is 38.1 Å². The minimum Gasteiger partial charge on any atom is -0.507 e. The monoisotopic (exact) mass is 362 g/mol. The van der Waals surface area contributed by atoms with E-state index < -0.39 is 51.7 Å². The molecule has 0 radical (unpaired) electrons. The number of hydrogen-bond donors (Lipinski definition) is 4. The summed E-state index contributed by atoms with van der Waals surface area (Å²) in [7, 11) is 0. The maximum Gasteiger partial charge on any atom is 0.233 e. The van der Waals surface area contributed by atoms with Crippen LogP contribution in [0.1, 0.15) is 68.4 Å². The number of aromatic hydroxyl groups is 3. The van der Waals surface area contributed by atoms with Crippen LogP contribution in [0, 0.1) is 11.3 Å². The van der Waals surface area contributed by atoms with E-state index in [9.17, 15) is 30.0 Å². The fourth-order valence-corrected chi connectivity index (χ4v) is 5.26. The Hall–Kier alpha value is -2.08. The number of rotatable bonds is 2. The number of hydrogen-bond acceptors (Lipinski definition) is 6. The van der Waals surface area contributed by atoms with Crippen molar-refractivity contribution in [2.24, 2.45) is 11.3 Å². The average molecular weight is 362 g/mol. The third kappa shape index (κ3) is 2.35. The molecule has 26 heavy (non-hydrogen) atoms. The van der Waals surface area contributed by atoms with Gasteiger partial charge < -0.3 is 20.4 Å². The molecule has 0 unspecified atom stereocenters. The fraction of sp³-hybridized carbons (Fsp3) is 0.600. The summed E-state index contributed by atoms with van der Waals surface area (Å²) in [6.07, 6.45) is 1.09. The first-order valence-corrected chi connectivity index (χ1v) is 9.00. The maximum atomic E-state index is 13.0. The topological polar surface area (TPSA) is 115 Å². The SMILES string of the molecule is C[C@H](O)Cc1c(O)c(O)c2c(c1O)C(=O)C(=O)[C@H]1C(C)(C)CCC[C@]21C. The predicted octanol–water partition coefficient (Wildman–Crippen LogP) is 2.58. The van der Waals surface area contributed by atoms with Crippen molar-refractivity contribution in [3.63, 3.8) is 0 Å². The van der Waals surface area contributed by atoms with E-state index in [1.807, 2.05) is 20.8 Å². The second kappa shape index (κ2) is 5.71. The molecule has 1 fully saturated rings. The molecule has 6 heteroatoms. The van der Waals surface area contributed by atoms with Gasteiger partial charge in [0.25, 0.3) is 0 Å². The lowest BCUT2D eigenvalue weighted by Gasteiger charge is -2.52. The van der Waals surface area contributed by atoms with Crippen LogP contribution >= 0.6 is 0 Å². The number of ketones is 2. The first kappa shape index (κ1) is 18.7. The van der Waals surface area contributed by atoms with Gasteiger partial charge >= 0.3 is 0 Å². The number of phenolic OH excluding ortho intramolecular Hbond substituents is 3. The molecule has 6 nitrogen and oxygen atoms in total. The van der Waals surface area contributed by atoms with Crippen molar-refractivity contribution in [3.05, 3.63) is 16.7 Å². The number of benzene rings is 1. The zero-order valence-corrected chi connectivity index (χ0v) is 15.6. The highest BCUT2D eigenvalue weighted by atomic mass is 16.3. The van der Waals surface area contributed by atoms with Gasteiger partial charge in [0.2, 0.25) is 11.6 Å². The Morgan fingerprint density at radius 2 is 1.65 bits per heavy atom. The van der Waals surface area contributed by atoms with E-state index in [-0.39, 0.29) is 23.1 Å². The molecule has 0 heterocycles. The van der Waals surface area contributed by atoms with Crippen LogP contribution in [0.5, 0.6) is 17.2 Å². The number of aliphatic hydroxyl groups is 1. The second-order valence-corrected chi connectivity index (χ2v) is 8.71. The van der Waals surface area contributed by atoms with Gasteiger partial charge in [-0.25, -0.2) is 0 Å². The lowest BCUT2D eigenvalue weighted by atomic mass is 9.49. The van der Waals surface area contributed by atoms with Gasteiger partial charge in [0, 0.05) is 28.9 Å². The highest BCUT2D eigenvalue weighted by Crippen LogP contribution is 2.60. The first-order chi connectivity index (χ1) is 11.9. The van der Waals surface area contributed by atoms with Crippen molar-refractivity contribution in [2.45, 2.75) is 64.9 Å². The number of carbonyl (C=O) groups excluding carboxylic acids is 2. The molecular formula is C20H26O6. The average Bonchev–Trinajstić information content (AvgIpc) is 2.51. The van der Waals surface area contributed by atoms with Crippen LogP contribution in [0.2, 0.25) is 0 Å². The van der Waals surface area contributed by atoms with Crippen molar-refractivity contribution in [1.29, 1.82) is 0 Å². The Morgan fingerprint density at radius 1 is 1.04 bits per heavy atom. The molecule has 0 saturated heterocycles. The van der Waals surface area contributed by atoms with Crippen molar-refractivity contribution >= 4 is 11.6 Å². The summed E-state index contributed by atoms with van der Waals surface area (Å²) in [4.78, 5) is 25.8. The summed E-state index contributed by atoms with van der Waals surface area (Å²) < 4.78 is 0. The standard InChI is InChI=1S/C20H26O6/c1-9(21)8-10-13(22)11-12(16(25)14(10)23)20(4)7-5-6-19(2,3)18(20)17(26)15(11)24/h9,18,21-23,25H,5-8H2,1-4H3/t9-,18-,20+/m0/s1. The molecule has 2 aliphatic carbocycles. The van der Waals surface area contributed by atoms with E-state index >= 15 is 0 Å². The second-order valence-electron chi connectivity index (χ2n) is 8.71. The van der Waals surface area contributed by atoms with E-state index in [0.717, 1.165) is 12.8 Å². The summed E-state index contributed by atoms with van der Waals surface area (Å²) in [5, 5.41) is 41.5. The highest BCUT2D eigenvalue weighted by molar-refractivity contribution is 6.47. The number of fused-ring (bicyclic) bond motifs is 3. The molecular weight excluding hydrogens is 336 g/mol. The van der Waals surface area contributed by atoms with Gasteiger partial charge in [0.1, 0.15) is 5.75 Å². The molecule has 0 bridgehead atoms. The largest absolute Gasteiger partial charge is 0.507 e. The summed E-state index contributed by atoms with van der Waals surface area (Å²) in [6.45, 7) is 7.14. The summed E-state index contributed by atoms with van der Waals surface area (Å²) in [5.41, 5.74) is -1.48. The van der Waals surface area contributed by atoms with Crippen molar-refractivity contribution in [3.8, 4) is 17.2 Å². The summed E-state index contributed by atoms with van der Waals surface area (Å²) in [5.74, 6) is -3.55. The van der Waals surface area contributed by atoms with Crippen molar-refractivity contribution < 1.29 is 30.0 Å². The molecule has 1 saturated carbocycles. The quantitative estimate of drug-likeness (QED) is 0.365. The van der Waals surface area contributed by atoms with Gasteiger partial charge in [-0.3, -0.25) is 9.59 Å². The summed E-state index contributed by atoms with van der Waals surface area (Å²) >= 11 is 0. The molecule has 1 aromatic rings. The van der Waals surface area contributed by atoms with Crippen molar-refractivity contribution in [2.75, 3.05) is 0 Å². The van der Waals surface area contributed by atoms with Crippen LogP contribution in [0.4, 0.5) is 0 Å². The lowest BCUT2D eigenvalue weighted by Crippen LogP contribution is -2.54. The Morgan fingerprint density at radius 3 is 2.23 bits per heavy atom. The van der Waals surface area contributed by atoms with Gasteiger partial charge in [-0.2, -0.15) is 0 Å². The van der Waals surface area contributed by atoms with E-state index in [1.165, 1.54) is 6.92 Å². The summed E-state index contributed by atoms with van der Waals surface area (Å²) in [6, 6.07) is 0. The molecule has 142 valence electrons. The van der Waals surface area contributed by atoms with Crippen LogP contribution in [0.3, 0.4) is 0 Å². The van der Waals surface area contributed by atoms with Crippen LogP contribution in [0.15, 0.2) is 0 Å². The molecule has 0 aromatic heterocycles. The zero-order chi connectivity index (χ0) is 19.6. The third-order valence-electron chi connectivity index (χ3n) is 6.24. The van der Waals surface area contributed by atoms with Crippen LogP contribution in [-0.2, 0) is 16.6 Å². The van der Waals surface area contributed by atoms with Crippen molar-refractivity contribution in [1.82, 2.24) is 0 Å². The highest BCUT2D eigenvalue weighted by Gasteiger charge is 2.59. The number of Topliss-reactive ketones (excluding diaryl/α,β-unsaturated/α-hetero) is 2. The fourth-order valence-electron chi connectivity index (χ4n) is 5.26. The van der Waals surface area contributed by atoms with Gasteiger partial charge in [-0.15, -0.1) is 0 Å². The number of aliphatic hydroxyl groups excluding tert-OH is 1. The van der Waals surface area contributed by atoms with E-state index in [0.29, 0.717) is 6.42 Å². The van der Waals surface area contributed by atoms with E-state index in [1.54, 1.807) is 0 Å². The molecule has 3 atom stereocenters. The third-order valence-corrected chi connectivity index (χ3v) is 6.24. The van der Waals surface area contributed by atoms with E-state index in [2.05, 4.69) is 0 Å². The van der Waals surface area contributed by atoms with Gasteiger partial charge in [-0.1, -0.05) is 27.2 Å². The molecule has 0 amide bonds. The van der Waals surface area contributed by atoms with Crippen LogP contribution < -0.4 is 0 Å². The molecule has 2 aliphatic rings. The van der Waals surface area contributed by atoms with Gasteiger partial charge in [-0.05, 0) is 25.2 Å². The lowest BCUT2D eigenvalue weighted by molar-refractivity contribution is -0.128. The van der Waals surface area contributed by atoms with Gasteiger partial charge in [0.15, 0.2) is 11.5 Å². The van der Waals surface area contributed by atoms with E-state index in [4.69, 9.17) is 0 Å². The molecule has 4 N–H and O–H groups in total.